The van der Waals surface area contributed by atoms with Crippen molar-refractivity contribution < 1.29 is 13.2 Å². The normalized spacial score (nSPS) is 13.6. The molecule has 3 N–H and O–H groups in total. The number of benzene rings is 1. The van der Waals surface area contributed by atoms with E-state index in [1.165, 1.54) is 17.5 Å². The van der Waals surface area contributed by atoms with Gasteiger partial charge in [-0.3, -0.25) is 5.84 Å². The largest absolute Gasteiger partial charge is 0.416 e. The highest BCUT2D eigenvalue weighted by molar-refractivity contribution is 7.79. The molecule has 1 atom stereocenters. The molecule has 0 bridgehead atoms. The zero-order valence-corrected chi connectivity index (χ0v) is 8.40. The molecule has 0 aliphatic rings. The second-order valence-electron chi connectivity index (χ2n) is 2.90. The quantitative estimate of drug-likeness (QED) is 0.478. The number of alkyl halides is 3. The smallest absolute Gasteiger partial charge is 0.271 e. The van der Waals surface area contributed by atoms with E-state index in [2.05, 4.69) is 17.6 Å². The van der Waals surface area contributed by atoms with Crippen LogP contribution in [0.25, 0.3) is 0 Å². The molecule has 0 spiro atoms. The van der Waals surface area contributed by atoms with Gasteiger partial charge in [0.05, 0.1) is 11.6 Å². The van der Waals surface area contributed by atoms with Crippen molar-refractivity contribution in [2.24, 2.45) is 5.84 Å². The predicted molar refractivity (Wildman–Crippen MR) is 55.2 cm³/mol. The molecule has 15 heavy (non-hydrogen) atoms. The second kappa shape index (κ2) is 4.69. The molecule has 0 amide bonds. The van der Waals surface area contributed by atoms with Crippen molar-refractivity contribution in [3.05, 3.63) is 35.4 Å². The highest BCUT2D eigenvalue weighted by Gasteiger charge is 2.30. The van der Waals surface area contributed by atoms with E-state index in [1.807, 2.05) is 0 Å². The average Bonchev–Trinajstić information content (AvgIpc) is 2.19. The van der Waals surface area contributed by atoms with E-state index in [4.69, 9.17) is 5.84 Å². The molecule has 1 aromatic carbocycles. The lowest BCUT2D eigenvalue weighted by Crippen LogP contribution is -2.28. The molecule has 82 valence electrons. The van der Waals surface area contributed by atoms with Crippen LogP contribution in [0.1, 0.15) is 17.2 Å². The summed E-state index contributed by atoms with van der Waals surface area (Å²) < 4.78 is 36.6. The summed E-state index contributed by atoms with van der Waals surface area (Å²) in [6.45, 7) is 0. The Labute approximate surface area is 90.2 Å². The molecule has 0 saturated carbocycles. The Kier molecular flexibility index (Phi) is 3.78. The molecule has 2 nitrogen and oxygen atoms in total. The SMILES string of the molecule is NNC(C=S)c1ccc(C(F)(F)F)cc1. The maximum Gasteiger partial charge on any atom is 0.416 e. The zero-order chi connectivity index (χ0) is 11.5. The highest BCUT2D eigenvalue weighted by atomic mass is 32.1. The van der Waals surface area contributed by atoms with Gasteiger partial charge in [0.2, 0.25) is 0 Å². The fourth-order valence-electron chi connectivity index (χ4n) is 1.09. The molecule has 1 unspecified atom stereocenters. The first-order valence-electron chi connectivity index (χ1n) is 4.07. The molecule has 0 radical (unpaired) electrons. The Morgan fingerprint density at radius 2 is 1.80 bits per heavy atom. The van der Waals surface area contributed by atoms with E-state index in [0.717, 1.165) is 12.1 Å². The van der Waals surface area contributed by atoms with Crippen molar-refractivity contribution in [2.45, 2.75) is 12.2 Å². The van der Waals surface area contributed by atoms with E-state index < -0.39 is 17.8 Å². The van der Waals surface area contributed by atoms with Crippen molar-refractivity contribution in [3.8, 4) is 0 Å². The number of nitrogens with two attached hydrogens (primary N) is 1. The van der Waals surface area contributed by atoms with Gasteiger partial charge in [0.15, 0.2) is 0 Å². The van der Waals surface area contributed by atoms with Gasteiger partial charge >= 0.3 is 6.18 Å². The van der Waals surface area contributed by atoms with E-state index >= 15 is 0 Å². The molecule has 0 aromatic heterocycles. The van der Waals surface area contributed by atoms with Crippen LogP contribution in [-0.2, 0) is 6.18 Å². The van der Waals surface area contributed by atoms with Crippen LogP contribution in [0.2, 0.25) is 0 Å². The van der Waals surface area contributed by atoms with Gasteiger partial charge in [-0.2, -0.15) is 13.2 Å². The third-order valence-corrected chi connectivity index (χ3v) is 2.18. The molecule has 1 aromatic rings. The number of halogens is 3. The van der Waals surface area contributed by atoms with Gasteiger partial charge in [0.1, 0.15) is 0 Å². The number of hydrogen-bond acceptors (Lipinski definition) is 3. The minimum atomic E-state index is -4.32. The number of nitrogens with one attached hydrogen (secondary N) is 1. The maximum absolute atomic E-state index is 12.2. The molecular weight excluding hydrogens is 225 g/mol. The van der Waals surface area contributed by atoms with Crippen LogP contribution in [0.3, 0.4) is 0 Å². The molecule has 6 heteroatoms. The Hall–Kier alpha value is -0.980. The summed E-state index contributed by atoms with van der Waals surface area (Å²) in [5.74, 6) is 5.17. The topological polar surface area (TPSA) is 38.0 Å². The van der Waals surface area contributed by atoms with Gasteiger partial charge in [-0.15, -0.1) is 0 Å². The summed E-state index contributed by atoms with van der Waals surface area (Å²) in [5, 5.41) is 1.35. The van der Waals surface area contributed by atoms with Crippen LogP contribution >= 0.6 is 12.2 Å². The molecule has 0 aliphatic heterocycles. The molecule has 1 rings (SSSR count). The second-order valence-corrected chi connectivity index (χ2v) is 3.17. The first-order chi connectivity index (χ1) is 6.99. The van der Waals surface area contributed by atoms with E-state index in [-0.39, 0.29) is 0 Å². The van der Waals surface area contributed by atoms with Gasteiger partial charge in [-0.1, -0.05) is 24.4 Å². The van der Waals surface area contributed by atoms with Gasteiger partial charge in [-0.25, -0.2) is 5.43 Å². The van der Waals surface area contributed by atoms with Crippen LogP contribution in [0.4, 0.5) is 13.2 Å². The van der Waals surface area contributed by atoms with Gasteiger partial charge in [0.25, 0.3) is 0 Å². The van der Waals surface area contributed by atoms with Crippen molar-refractivity contribution in [1.29, 1.82) is 0 Å². The lowest BCUT2D eigenvalue weighted by atomic mass is 10.1. The van der Waals surface area contributed by atoms with Crippen LogP contribution in [-0.4, -0.2) is 5.37 Å². The Morgan fingerprint density at radius 1 is 1.27 bits per heavy atom. The van der Waals surface area contributed by atoms with Crippen molar-refractivity contribution in [2.75, 3.05) is 0 Å². The summed E-state index contributed by atoms with van der Waals surface area (Å²) in [7, 11) is 0. The van der Waals surface area contributed by atoms with Gasteiger partial charge < -0.3 is 0 Å². The van der Waals surface area contributed by atoms with E-state index in [0.29, 0.717) is 5.56 Å². The number of rotatable bonds is 3. The van der Waals surface area contributed by atoms with Crippen LogP contribution < -0.4 is 11.3 Å². The first kappa shape index (κ1) is 12.1. The summed E-state index contributed by atoms with van der Waals surface area (Å²) in [6.07, 6.45) is -4.32. The monoisotopic (exact) mass is 234 g/mol. The van der Waals surface area contributed by atoms with Gasteiger partial charge in [-0.05, 0) is 17.7 Å². The molecule has 0 heterocycles. The zero-order valence-electron chi connectivity index (χ0n) is 7.58. The van der Waals surface area contributed by atoms with Crippen LogP contribution in [0, 0.1) is 0 Å². The standard InChI is InChI=1S/C9H9F3N2S/c10-9(11,12)7-3-1-6(2-4-7)8(5-15)14-13/h1-5,8,14H,13H2. The Balaban J connectivity index is 2.94. The van der Waals surface area contributed by atoms with Crippen LogP contribution in [0.15, 0.2) is 24.3 Å². The predicted octanol–water partition coefficient (Wildman–Crippen LogP) is 2.21. The summed E-state index contributed by atoms with van der Waals surface area (Å²) in [5.41, 5.74) is 2.29. The minimum absolute atomic E-state index is 0.415. The van der Waals surface area contributed by atoms with Crippen molar-refractivity contribution in [3.63, 3.8) is 0 Å². The number of hydrogen-bond donors (Lipinski definition) is 2. The third-order valence-electron chi connectivity index (χ3n) is 1.91. The number of hydrazine groups is 1. The van der Waals surface area contributed by atoms with E-state index in [9.17, 15) is 13.2 Å². The Bertz CT molecular complexity index is 334. The maximum atomic E-state index is 12.2. The third kappa shape index (κ3) is 2.98. The van der Waals surface area contributed by atoms with Gasteiger partial charge in [0, 0.05) is 5.37 Å². The van der Waals surface area contributed by atoms with Crippen LogP contribution in [0.5, 0.6) is 0 Å². The lowest BCUT2D eigenvalue weighted by molar-refractivity contribution is -0.137. The molecule has 0 fully saturated rings. The minimum Gasteiger partial charge on any atom is -0.271 e. The summed E-state index contributed by atoms with van der Waals surface area (Å²) in [4.78, 5) is 0. The fraction of sp³-hybridized carbons (Fsp3) is 0.222. The molecule has 0 saturated heterocycles. The van der Waals surface area contributed by atoms with Crippen molar-refractivity contribution >= 4 is 17.6 Å². The first-order valence-corrected chi connectivity index (χ1v) is 4.54. The summed E-state index contributed by atoms with van der Waals surface area (Å²) >= 11 is 4.67. The fourth-order valence-corrected chi connectivity index (χ4v) is 1.33. The molecule has 0 aliphatic carbocycles. The van der Waals surface area contributed by atoms with Crippen molar-refractivity contribution in [1.82, 2.24) is 5.43 Å². The average molecular weight is 234 g/mol. The summed E-state index contributed by atoms with van der Waals surface area (Å²) in [6, 6.07) is 4.27. The molecular formula is C9H9F3N2S. The highest BCUT2D eigenvalue weighted by Crippen LogP contribution is 2.29. The lowest BCUT2D eigenvalue weighted by Gasteiger charge is -2.12. The Morgan fingerprint density at radius 3 is 2.13 bits per heavy atom. The van der Waals surface area contributed by atoms with E-state index in [1.54, 1.807) is 0 Å². The number of thiocarbonyl (C=S) groups is 1.